The zero-order valence-corrected chi connectivity index (χ0v) is 15.7. The zero-order chi connectivity index (χ0) is 20.0. The number of anilines is 1. The smallest absolute Gasteiger partial charge is 0.272 e. The number of rotatable bonds is 3. The molecule has 1 N–H and O–H groups in total. The predicted molar refractivity (Wildman–Crippen MR) is 107 cm³/mol. The number of aryl methyl sites for hydroxylation is 2. The van der Waals surface area contributed by atoms with Crippen LogP contribution in [0.15, 0.2) is 53.5 Å². The molecule has 7 nitrogen and oxygen atoms in total. The summed E-state index contributed by atoms with van der Waals surface area (Å²) in [7, 11) is 1.70. The number of hydrogen-bond acceptors (Lipinski definition) is 4. The summed E-state index contributed by atoms with van der Waals surface area (Å²) in [4.78, 5) is 41.8. The normalized spacial score (nSPS) is 11.1. The number of benzene rings is 1. The number of carbonyl (C=O) groups is 2. The maximum atomic E-state index is 12.8. The third kappa shape index (κ3) is 2.77. The van der Waals surface area contributed by atoms with E-state index in [4.69, 9.17) is 0 Å². The second-order valence-corrected chi connectivity index (χ2v) is 6.72. The summed E-state index contributed by atoms with van der Waals surface area (Å²) in [6, 6.07) is 11.9. The van der Waals surface area contributed by atoms with Gasteiger partial charge in [0, 0.05) is 24.5 Å². The summed E-state index contributed by atoms with van der Waals surface area (Å²) in [6.45, 7) is 3.35. The van der Waals surface area contributed by atoms with Gasteiger partial charge in [-0.15, -0.1) is 0 Å². The number of ketones is 1. The summed E-state index contributed by atoms with van der Waals surface area (Å²) in [5.74, 6) is -0.466. The lowest BCUT2D eigenvalue weighted by molar-refractivity contribution is 0.100. The van der Waals surface area contributed by atoms with Gasteiger partial charge in [-0.1, -0.05) is 18.2 Å². The van der Waals surface area contributed by atoms with Crippen LogP contribution in [0.3, 0.4) is 0 Å². The van der Waals surface area contributed by atoms with E-state index in [1.54, 1.807) is 54.2 Å². The van der Waals surface area contributed by atoms with Gasteiger partial charge in [0.1, 0.15) is 17.0 Å². The molecular weight excluding hydrogens is 356 g/mol. The van der Waals surface area contributed by atoms with Crippen LogP contribution in [0.25, 0.3) is 16.7 Å². The lowest BCUT2D eigenvalue weighted by Gasteiger charge is -2.08. The molecule has 0 unspecified atom stereocenters. The van der Waals surface area contributed by atoms with Crippen LogP contribution in [0.5, 0.6) is 0 Å². The van der Waals surface area contributed by atoms with E-state index in [1.165, 1.54) is 11.3 Å². The Labute approximate surface area is 160 Å². The Morgan fingerprint density at radius 3 is 2.61 bits per heavy atom. The number of amides is 1. The Kier molecular flexibility index (Phi) is 4.07. The molecule has 4 rings (SSSR count). The van der Waals surface area contributed by atoms with Crippen molar-refractivity contribution >= 4 is 34.1 Å². The molecule has 3 heterocycles. The lowest BCUT2D eigenvalue weighted by Crippen LogP contribution is -2.16. The minimum Gasteiger partial charge on any atom is -0.324 e. The summed E-state index contributed by atoms with van der Waals surface area (Å²) in [5, 5.41) is 3.15. The number of carbonyl (C=O) groups excluding carboxylic acids is 2. The molecule has 0 fully saturated rings. The standard InChI is InChI=1S/C21H18N4O3/c1-12-6-5-9-25-18(12)23-19-16(21(25)28)11-17(24(19)3)20(27)22-15-8-4-7-14(10-15)13(2)26/h4-11H,1-3H3,(H,22,27). The Morgan fingerprint density at radius 1 is 1.07 bits per heavy atom. The molecule has 0 radical (unpaired) electrons. The molecule has 0 aliphatic carbocycles. The Morgan fingerprint density at radius 2 is 1.86 bits per heavy atom. The molecule has 0 saturated carbocycles. The van der Waals surface area contributed by atoms with Crippen molar-refractivity contribution in [1.29, 1.82) is 0 Å². The summed E-state index contributed by atoms with van der Waals surface area (Å²) >= 11 is 0. The molecule has 0 saturated heterocycles. The first-order valence-corrected chi connectivity index (χ1v) is 8.76. The van der Waals surface area contributed by atoms with Crippen molar-refractivity contribution in [2.24, 2.45) is 7.05 Å². The van der Waals surface area contributed by atoms with E-state index in [9.17, 15) is 14.4 Å². The quantitative estimate of drug-likeness (QED) is 0.559. The fraction of sp³-hybridized carbons (Fsp3) is 0.143. The fourth-order valence-electron chi connectivity index (χ4n) is 3.26. The predicted octanol–water partition coefficient (Wildman–Crippen LogP) is 2.95. The number of hydrogen-bond donors (Lipinski definition) is 1. The lowest BCUT2D eigenvalue weighted by atomic mass is 10.1. The van der Waals surface area contributed by atoms with Gasteiger partial charge in [0.2, 0.25) is 0 Å². The second-order valence-electron chi connectivity index (χ2n) is 6.72. The van der Waals surface area contributed by atoms with E-state index in [-0.39, 0.29) is 17.2 Å². The molecule has 7 heteroatoms. The monoisotopic (exact) mass is 374 g/mol. The molecule has 0 aliphatic rings. The highest BCUT2D eigenvalue weighted by Gasteiger charge is 2.18. The van der Waals surface area contributed by atoms with E-state index < -0.39 is 0 Å². The average molecular weight is 374 g/mol. The number of nitrogens with zero attached hydrogens (tertiary/aromatic N) is 3. The topological polar surface area (TPSA) is 85.5 Å². The molecule has 4 aromatic rings. The molecular formula is C21H18N4O3. The highest BCUT2D eigenvalue weighted by Crippen LogP contribution is 2.18. The highest BCUT2D eigenvalue weighted by molar-refractivity contribution is 6.06. The molecule has 3 aromatic heterocycles. The third-order valence-corrected chi connectivity index (χ3v) is 4.78. The highest BCUT2D eigenvalue weighted by atomic mass is 16.2. The molecule has 0 bridgehead atoms. The molecule has 1 aromatic carbocycles. The SMILES string of the molecule is CC(=O)c1cccc(NC(=O)c2cc3c(=O)n4cccc(C)c4nc3n2C)c1. The third-order valence-electron chi connectivity index (χ3n) is 4.78. The second kappa shape index (κ2) is 6.45. The van der Waals surface area contributed by atoms with Crippen LogP contribution in [0.1, 0.15) is 33.3 Å². The minimum atomic E-state index is -0.383. The van der Waals surface area contributed by atoms with Crippen molar-refractivity contribution in [3.63, 3.8) is 0 Å². The number of aromatic nitrogens is 3. The van der Waals surface area contributed by atoms with Gasteiger partial charge in [-0.05, 0) is 43.7 Å². The van der Waals surface area contributed by atoms with E-state index in [2.05, 4.69) is 10.3 Å². The molecule has 0 atom stereocenters. The zero-order valence-electron chi connectivity index (χ0n) is 15.7. The minimum absolute atomic E-state index is 0.0833. The van der Waals surface area contributed by atoms with Gasteiger partial charge in [-0.2, -0.15) is 0 Å². The Hall–Kier alpha value is -3.74. The largest absolute Gasteiger partial charge is 0.324 e. The van der Waals surface area contributed by atoms with Crippen LogP contribution >= 0.6 is 0 Å². The van der Waals surface area contributed by atoms with Crippen LogP contribution in [0.4, 0.5) is 5.69 Å². The van der Waals surface area contributed by atoms with Gasteiger partial charge in [0.15, 0.2) is 5.78 Å². The maximum absolute atomic E-state index is 12.8. The molecule has 140 valence electrons. The van der Waals surface area contributed by atoms with Gasteiger partial charge in [0.05, 0.1) is 5.39 Å². The summed E-state index contributed by atoms with van der Waals surface area (Å²) < 4.78 is 3.09. The van der Waals surface area contributed by atoms with E-state index >= 15 is 0 Å². The van der Waals surface area contributed by atoms with Crippen LogP contribution in [-0.2, 0) is 7.05 Å². The molecule has 0 spiro atoms. The summed E-state index contributed by atoms with van der Waals surface area (Å²) in [5.41, 5.74) is 2.97. The van der Waals surface area contributed by atoms with Crippen LogP contribution in [0.2, 0.25) is 0 Å². The Balaban J connectivity index is 1.81. The first-order valence-electron chi connectivity index (χ1n) is 8.76. The number of fused-ring (bicyclic) bond motifs is 2. The van der Waals surface area contributed by atoms with Crippen molar-refractivity contribution in [3.05, 3.63) is 75.8 Å². The van der Waals surface area contributed by atoms with Gasteiger partial charge in [-0.25, -0.2) is 4.98 Å². The number of Topliss-reactive ketones (excluding diaryl/α,β-unsaturated/α-hetero) is 1. The van der Waals surface area contributed by atoms with Crippen molar-refractivity contribution < 1.29 is 9.59 Å². The number of pyridine rings is 1. The van der Waals surface area contributed by atoms with Crippen molar-refractivity contribution in [1.82, 2.24) is 14.0 Å². The Bertz CT molecular complexity index is 1330. The van der Waals surface area contributed by atoms with Crippen LogP contribution < -0.4 is 10.9 Å². The van der Waals surface area contributed by atoms with E-state index in [0.717, 1.165) is 5.56 Å². The van der Waals surface area contributed by atoms with Gasteiger partial charge in [0.25, 0.3) is 11.5 Å². The van der Waals surface area contributed by atoms with Crippen molar-refractivity contribution in [3.8, 4) is 0 Å². The molecule has 0 aliphatic heterocycles. The molecule has 1 amide bonds. The van der Waals surface area contributed by atoms with Gasteiger partial charge >= 0.3 is 0 Å². The fourth-order valence-corrected chi connectivity index (χ4v) is 3.26. The molecule has 28 heavy (non-hydrogen) atoms. The van der Waals surface area contributed by atoms with E-state index in [1.807, 2.05) is 13.0 Å². The van der Waals surface area contributed by atoms with Crippen molar-refractivity contribution in [2.75, 3.05) is 5.32 Å². The van der Waals surface area contributed by atoms with Gasteiger partial charge in [-0.3, -0.25) is 18.8 Å². The maximum Gasteiger partial charge on any atom is 0.272 e. The first kappa shape index (κ1) is 17.7. The van der Waals surface area contributed by atoms with E-state index in [0.29, 0.717) is 33.6 Å². The number of nitrogens with one attached hydrogen (secondary N) is 1. The summed E-state index contributed by atoms with van der Waals surface area (Å²) in [6.07, 6.45) is 1.66. The van der Waals surface area contributed by atoms with Crippen LogP contribution in [-0.4, -0.2) is 25.6 Å². The van der Waals surface area contributed by atoms with Gasteiger partial charge < -0.3 is 9.88 Å². The van der Waals surface area contributed by atoms with Crippen molar-refractivity contribution in [2.45, 2.75) is 13.8 Å². The first-order chi connectivity index (χ1) is 13.4. The average Bonchev–Trinajstić information content (AvgIpc) is 3.00. The van der Waals surface area contributed by atoms with Crippen LogP contribution in [0, 0.1) is 6.92 Å².